The molecule has 0 radical (unpaired) electrons. The Balaban J connectivity index is 1.51. The third-order valence-corrected chi connectivity index (χ3v) is 3.85. The van der Waals surface area contributed by atoms with E-state index in [4.69, 9.17) is 4.74 Å². The number of allylic oxidation sites excluding steroid dienone is 1. The normalized spacial score (nSPS) is 26.6. The number of hydrogen-bond donors (Lipinski definition) is 3. The number of amides is 1. The van der Waals surface area contributed by atoms with Gasteiger partial charge in [-0.25, -0.2) is 0 Å². The van der Waals surface area contributed by atoms with Crippen molar-refractivity contribution < 1.29 is 9.53 Å². The second kappa shape index (κ2) is 8.27. The molecule has 1 saturated heterocycles. The van der Waals surface area contributed by atoms with Crippen LogP contribution in [0.2, 0.25) is 0 Å². The molecule has 2 atom stereocenters. The highest BCUT2D eigenvalue weighted by Gasteiger charge is 2.16. The Kier molecular flexibility index (Phi) is 6.33. The SMILES string of the molecule is CC1CCC(NCCCNC(=O)C2=CCCCO2)NC1. The highest BCUT2D eigenvalue weighted by Crippen LogP contribution is 2.11. The lowest BCUT2D eigenvalue weighted by Gasteiger charge is -2.28. The molecule has 5 heteroatoms. The predicted octanol–water partition coefficient (Wildman–Crippen LogP) is 1.12. The molecule has 20 heavy (non-hydrogen) atoms. The van der Waals surface area contributed by atoms with Crippen molar-refractivity contribution in [3.05, 3.63) is 11.8 Å². The third-order valence-electron chi connectivity index (χ3n) is 3.85. The number of ether oxygens (including phenoxy) is 1. The highest BCUT2D eigenvalue weighted by atomic mass is 16.5. The molecule has 2 unspecified atom stereocenters. The van der Waals surface area contributed by atoms with Crippen molar-refractivity contribution in [2.45, 2.75) is 45.2 Å². The van der Waals surface area contributed by atoms with E-state index in [0.29, 0.717) is 25.1 Å². The fourth-order valence-corrected chi connectivity index (χ4v) is 2.54. The molecule has 0 aliphatic carbocycles. The molecule has 5 nitrogen and oxygen atoms in total. The quantitative estimate of drug-likeness (QED) is 0.639. The second-order valence-corrected chi connectivity index (χ2v) is 5.77. The van der Waals surface area contributed by atoms with Crippen LogP contribution in [0, 0.1) is 5.92 Å². The van der Waals surface area contributed by atoms with Gasteiger partial charge in [-0.05, 0) is 57.2 Å². The molecular formula is C15H27N3O2. The first-order chi connectivity index (χ1) is 9.75. The Hall–Kier alpha value is -1.07. The average molecular weight is 281 g/mol. The second-order valence-electron chi connectivity index (χ2n) is 5.77. The van der Waals surface area contributed by atoms with Gasteiger partial charge in [0, 0.05) is 6.54 Å². The third kappa shape index (κ3) is 5.13. The summed E-state index contributed by atoms with van der Waals surface area (Å²) in [5.74, 6) is 1.21. The molecule has 0 spiro atoms. The molecule has 1 fully saturated rings. The lowest BCUT2D eigenvalue weighted by molar-refractivity contribution is -0.121. The van der Waals surface area contributed by atoms with E-state index in [0.717, 1.165) is 38.3 Å². The molecule has 2 rings (SSSR count). The van der Waals surface area contributed by atoms with E-state index in [1.165, 1.54) is 12.8 Å². The number of rotatable bonds is 6. The summed E-state index contributed by atoms with van der Waals surface area (Å²) in [6, 6.07) is 0. The minimum atomic E-state index is -0.0747. The monoisotopic (exact) mass is 281 g/mol. The summed E-state index contributed by atoms with van der Waals surface area (Å²) >= 11 is 0. The Morgan fingerprint density at radius 2 is 2.35 bits per heavy atom. The van der Waals surface area contributed by atoms with Crippen molar-refractivity contribution in [3.8, 4) is 0 Å². The first-order valence-electron chi connectivity index (χ1n) is 7.83. The topological polar surface area (TPSA) is 62.4 Å². The van der Waals surface area contributed by atoms with Crippen LogP contribution in [-0.4, -0.2) is 38.3 Å². The standard InChI is InChI=1S/C15H27N3O2/c1-12-6-7-14(18-11-12)16-8-4-9-17-15(19)13-5-2-3-10-20-13/h5,12,14,16,18H,2-4,6-11H2,1H3,(H,17,19). The molecule has 0 bridgehead atoms. The molecule has 3 N–H and O–H groups in total. The maximum atomic E-state index is 11.8. The largest absolute Gasteiger partial charge is 0.488 e. The van der Waals surface area contributed by atoms with Gasteiger partial charge in [0.1, 0.15) is 0 Å². The molecule has 2 heterocycles. The summed E-state index contributed by atoms with van der Waals surface area (Å²) in [6.45, 7) is 5.65. The van der Waals surface area contributed by atoms with Crippen LogP contribution in [0.4, 0.5) is 0 Å². The summed E-state index contributed by atoms with van der Waals surface area (Å²) in [6.07, 6.45) is 7.67. The van der Waals surface area contributed by atoms with Gasteiger partial charge >= 0.3 is 0 Å². The van der Waals surface area contributed by atoms with Gasteiger partial charge in [-0.1, -0.05) is 6.92 Å². The van der Waals surface area contributed by atoms with Crippen molar-refractivity contribution in [2.75, 3.05) is 26.2 Å². The van der Waals surface area contributed by atoms with E-state index in [1.54, 1.807) is 0 Å². The molecule has 1 amide bonds. The number of carbonyl (C=O) groups is 1. The van der Waals surface area contributed by atoms with E-state index < -0.39 is 0 Å². The molecule has 0 aromatic heterocycles. The van der Waals surface area contributed by atoms with Gasteiger partial charge in [0.05, 0.1) is 12.8 Å². The van der Waals surface area contributed by atoms with Crippen LogP contribution in [0.25, 0.3) is 0 Å². The molecule has 0 aromatic carbocycles. The van der Waals surface area contributed by atoms with Crippen LogP contribution >= 0.6 is 0 Å². The van der Waals surface area contributed by atoms with Crippen molar-refractivity contribution in [1.29, 1.82) is 0 Å². The fraction of sp³-hybridized carbons (Fsp3) is 0.800. The summed E-state index contributed by atoms with van der Waals surface area (Å²) in [4.78, 5) is 11.8. The van der Waals surface area contributed by atoms with E-state index in [-0.39, 0.29) is 5.91 Å². The van der Waals surface area contributed by atoms with Gasteiger partial charge in [-0.15, -0.1) is 0 Å². The first-order valence-corrected chi connectivity index (χ1v) is 7.83. The van der Waals surface area contributed by atoms with Crippen molar-refractivity contribution in [1.82, 2.24) is 16.0 Å². The van der Waals surface area contributed by atoms with Gasteiger partial charge < -0.3 is 20.7 Å². The predicted molar refractivity (Wildman–Crippen MR) is 79.1 cm³/mol. The Labute approximate surface area is 121 Å². The summed E-state index contributed by atoms with van der Waals surface area (Å²) in [5, 5.41) is 9.88. The number of carbonyl (C=O) groups excluding carboxylic acids is 1. The molecular weight excluding hydrogens is 254 g/mol. The van der Waals surface area contributed by atoms with E-state index in [9.17, 15) is 4.79 Å². The van der Waals surface area contributed by atoms with Crippen molar-refractivity contribution in [3.63, 3.8) is 0 Å². The Morgan fingerprint density at radius 1 is 1.45 bits per heavy atom. The van der Waals surface area contributed by atoms with Crippen LogP contribution in [0.3, 0.4) is 0 Å². The maximum absolute atomic E-state index is 11.8. The minimum Gasteiger partial charge on any atom is -0.488 e. The first kappa shape index (κ1) is 15.3. The van der Waals surface area contributed by atoms with Gasteiger partial charge in [-0.2, -0.15) is 0 Å². The van der Waals surface area contributed by atoms with Crippen molar-refractivity contribution >= 4 is 5.91 Å². The Bertz CT molecular complexity index is 336. The van der Waals surface area contributed by atoms with Gasteiger partial charge in [-0.3, -0.25) is 4.79 Å². The van der Waals surface area contributed by atoms with Crippen LogP contribution in [0.1, 0.15) is 39.0 Å². The summed E-state index contributed by atoms with van der Waals surface area (Å²) < 4.78 is 5.33. The zero-order valence-corrected chi connectivity index (χ0v) is 12.4. The van der Waals surface area contributed by atoms with Gasteiger partial charge in [0.25, 0.3) is 5.91 Å². The molecule has 114 valence electrons. The fourth-order valence-electron chi connectivity index (χ4n) is 2.54. The lowest BCUT2D eigenvalue weighted by Crippen LogP contribution is -2.48. The van der Waals surface area contributed by atoms with E-state index in [2.05, 4.69) is 22.9 Å². The highest BCUT2D eigenvalue weighted by molar-refractivity contribution is 5.91. The number of hydrogen-bond acceptors (Lipinski definition) is 4. The zero-order valence-electron chi connectivity index (χ0n) is 12.4. The summed E-state index contributed by atoms with van der Waals surface area (Å²) in [7, 11) is 0. The number of nitrogens with one attached hydrogen (secondary N) is 3. The lowest BCUT2D eigenvalue weighted by atomic mass is 10.00. The maximum Gasteiger partial charge on any atom is 0.286 e. The molecule has 0 aromatic rings. The smallest absolute Gasteiger partial charge is 0.286 e. The summed E-state index contributed by atoms with van der Waals surface area (Å²) in [5.41, 5.74) is 0. The Morgan fingerprint density at radius 3 is 3.05 bits per heavy atom. The van der Waals surface area contributed by atoms with Gasteiger partial charge in [0.15, 0.2) is 5.76 Å². The zero-order chi connectivity index (χ0) is 14.2. The van der Waals surface area contributed by atoms with Crippen molar-refractivity contribution in [2.24, 2.45) is 5.92 Å². The number of piperidine rings is 1. The van der Waals surface area contributed by atoms with Crippen LogP contribution < -0.4 is 16.0 Å². The van der Waals surface area contributed by atoms with E-state index >= 15 is 0 Å². The van der Waals surface area contributed by atoms with Crippen LogP contribution in [0.5, 0.6) is 0 Å². The molecule has 2 aliphatic rings. The molecule has 0 saturated carbocycles. The van der Waals surface area contributed by atoms with Gasteiger partial charge in [0.2, 0.25) is 0 Å². The molecule has 2 aliphatic heterocycles. The van der Waals surface area contributed by atoms with E-state index in [1.807, 2.05) is 6.08 Å². The minimum absolute atomic E-state index is 0.0747. The average Bonchev–Trinajstić information content (AvgIpc) is 2.49. The van der Waals surface area contributed by atoms with Crippen LogP contribution in [0.15, 0.2) is 11.8 Å². The van der Waals surface area contributed by atoms with Crippen LogP contribution in [-0.2, 0) is 9.53 Å².